The zero-order valence-electron chi connectivity index (χ0n) is 16.5. The van der Waals surface area contributed by atoms with Gasteiger partial charge >= 0.3 is 0 Å². The van der Waals surface area contributed by atoms with Crippen molar-refractivity contribution in [3.05, 3.63) is 116 Å². The van der Waals surface area contributed by atoms with Crippen LogP contribution in [0.15, 0.2) is 72.8 Å². The molecule has 1 aliphatic carbocycles. The van der Waals surface area contributed by atoms with Crippen molar-refractivity contribution in [3.63, 3.8) is 0 Å². The molecule has 0 radical (unpaired) electrons. The van der Waals surface area contributed by atoms with E-state index in [0.717, 1.165) is 22.5 Å². The van der Waals surface area contributed by atoms with E-state index in [2.05, 4.69) is 44.2 Å². The summed E-state index contributed by atoms with van der Waals surface area (Å²) in [5, 5.41) is 0.885. The Morgan fingerprint density at radius 3 is 1.19 bits per heavy atom. The van der Waals surface area contributed by atoms with Gasteiger partial charge in [-0.2, -0.15) is 0 Å². The number of nitrogens with zero attached hydrogens (tertiary/aromatic N) is 4. The summed E-state index contributed by atoms with van der Waals surface area (Å²) in [6.45, 7) is 0. The lowest BCUT2D eigenvalue weighted by atomic mass is 9.50. The van der Waals surface area contributed by atoms with E-state index in [1.165, 1.54) is 0 Å². The fraction of sp³-hybridized carbons (Fsp3) is 0.167. The maximum Gasteiger partial charge on any atom is 0.224 e. The lowest BCUT2D eigenvalue weighted by Gasteiger charge is -2.52. The summed E-state index contributed by atoms with van der Waals surface area (Å²) in [4.78, 5) is 17.2. The number of halogens is 4. The number of hydrogen-bond acceptors (Lipinski definition) is 4. The third kappa shape index (κ3) is 4.08. The third-order valence-electron chi connectivity index (χ3n) is 5.97. The van der Waals surface area contributed by atoms with Crippen LogP contribution < -0.4 is 0 Å². The van der Waals surface area contributed by atoms with Gasteiger partial charge in [0.2, 0.25) is 10.6 Å². The Kier molecular flexibility index (Phi) is 6.04. The Morgan fingerprint density at radius 2 is 0.844 bits per heavy atom. The zero-order valence-corrected chi connectivity index (χ0v) is 19.6. The Balaban J connectivity index is 1.72. The highest BCUT2D eigenvalue weighted by Gasteiger charge is 2.54. The second-order valence-electron chi connectivity index (χ2n) is 7.69. The number of rotatable bonds is 4. The molecule has 0 atom stereocenters. The summed E-state index contributed by atoms with van der Waals surface area (Å²) in [5.74, 6) is 0.0848. The van der Waals surface area contributed by atoms with E-state index >= 15 is 0 Å². The van der Waals surface area contributed by atoms with Crippen LogP contribution in [0.1, 0.15) is 46.2 Å². The van der Waals surface area contributed by atoms with Crippen molar-refractivity contribution < 1.29 is 0 Å². The van der Waals surface area contributed by atoms with Crippen molar-refractivity contribution in [3.8, 4) is 0 Å². The molecule has 0 spiro atoms. The van der Waals surface area contributed by atoms with E-state index in [1.807, 2.05) is 36.4 Å². The molecule has 0 saturated heterocycles. The van der Waals surface area contributed by atoms with Gasteiger partial charge in [-0.3, -0.25) is 0 Å². The number of hydrogen-bond donors (Lipinski definition) is 0. The quantitative estimate of drug-likeness (QED) is 0.217. The first-order chi connectivity index (χ1) is 15.5. The average Bonchev–Trinajstić information content (AvgIpc) is 2.73. The summed E-state index contributed by atoms with van der Waals surface area (Å²) < 4.78 is 0. The Morgan fingerprint density at radius 1 is 0.469 bits per heavy atom. The fourth-order valence-electron chi connectivity index (χ4n) is 4.82. The molecule has 0 amide bonds. The lowest BCUT2D eigenvalue weighted by molar-refractivity contribution is 0.220. The van der Waals surface area contributed by atoms with E-state index in [1.54, 1.807) is 12.1 Å². The molecule has 5 rings (SSSR count). The maximum absolute atomic E-state index is 6.27. The molecule has 0 aliphatic heterocycles. The van der Waals surface area contributed by atoms with Crippen molar-refractivity contribution in [1.29, 1.82) is 0 Å². The second kappa shape index (κ2) is 8.95. The van der Waals surface area contributed by atoms with E-state index in [-0.39, 0.29) is 34.2 Å². The Bertz CT molecular complexity index is 1110. The van der Waals surface area contributed by atoms with Crippen molar-refractivity contribution in [2.75, 3.05) is 0 Å². The van der Waals surface area contributed by atoms with Gasteiger partial charge < -0.3 is 0 Å². The standard InChI is InChI=1S/C24H16Cl4N4/c25-17-11-15(29-23(27)31-17)21-19(13-7-3-1-4-8-13)22(16-12-18(26)32-24(28)30-16)20(21)14-9-5-2-6-10-14/h1-12,19-22H. The van der Waals surface area contributed by atoms with E-state index in [4.69, 9.17) is 46.4 Å². The van der Waals surface area contributed by atoms with Crippen LogP contribution >= 0.6 is 46.4 Å². The summed E-state index contributed by atoms with van der Waals surface area (Å²) in [6.07, 6.45) is 0. The second-order valence-corrected chi connectivity index (χ2v) is 9.14. The topological polar surface area (TPSA) is 51.6 Å². The molecule has 1 fully saturated rings. The predicted molar refractivity (Wildman–Crippen MR) is 128 cm³/mol. The molecule has 160 valence electrons. The average molecular weight is 502 g/mol. The molecule has 32 heavy (non-hydrogen) atoms. The maximum atomic E-state index is 6.27. The minimum atomic E-state index is -0.00434. The highest BCUT2D eigenvalue weighted by molar-refractivity contribution is 6.32. The molecule has 0 N–H and O–H groups in total. The number of aromatic nitrogens is 4. The molecule has 0 unspecified atom stereocenters. The van der Waals surface area contributed by atoms with Gasteiger partial charge in [-0.05, 0) is 46.5 Å². The van der Waals surface area contributed by atoms with Crippen molar-refractivity contribution in [2.24, 2.45) is 0 Å². The molecule has 2 aromatic carbocycles. The van der Waals surface area contributed by atoms with Crippen LogP contribution in [0.3, 0.4) is 0 Å². The highest BCUT2D eigenvalue weighted by Crippen LogP contribution is 2.66. The van der Waals surface area contributed by atoms with Gasteiger partial charge in [-0.15, -0.1) is 0 Å². The third-order valence-corrected chi connectivity index (χ3v) is 6.70. The minimum Gasteiger partial charge on any atom is -0.223 e. The fourth-order valence-corrected chi connectivity index (χ4v) is 5.67. The van der Waals surface area contributed by atoms with Crippen LogP contribution in [0.5, 0.6) is 0 Å². The van der Waals surface area contributed by atoms with Gasteiger partial charge in [0, 0.05) is 23.7 Å². The smallest absolute Gasteiger partial charge is 0.223 e. The molecule has 0 bridgehead atoms. The van der Waals surface area contributed by atoms with Crippen molar-refractivity contribution in [2.45, 2.75) is 23.7 Å². The van der Waals surface area contributed by atoms with E-state index in [0.29, 0.717) is 10.3 Å². The monoisotopic (exact) mass is 500 g/mol. The van der Waals surface area contributed by atoms with Crippen LogP contribution in [0.2, 0.25) is 20.9 Å². The molecule has 2 heterocycles. The van der Waals surface area contributed by atoms with Crippen molar-refractivity contribution in [1.82, 2.24) is 19.9 Å². The zero-order chi connectivity index (χ0) is 22.2. The number of benzene rings is 2. The molecular formula is C24H16Cl4N4. The molecule has 4 aromatic rings. The molecule has 1 aliphatic rings. The first-order valence-corrected chi connectivity index (χ1v) is 11.5. The highest BCUT2D eigenvalue weighted by atomic mass is 35.5. The first kappa shape index (κ1) is 21.6. The first-order valence-electron chi connectivity index (χ1n) is 10.0. The van der Waals surface area contributed by atoms with Gasteiger partial charge in [-0.1, -0.05) is 83.9 Å². The van der Waals surface area contributed by atoms with Crippen LogP contribution in [-0.4, -0.2) is 19.9 Å². The Labute approximate surface area is 205 Å². The molecular weight excluding hydrogens is 486 g/mol. The van der Waals surface area contributed by atoms with Crippen LogP contribution in [0.25, 0.3) is 0 Å². The SMILES string of the molecule is Clc1cc(C2C(c3ccccc3)C(c3cc(Cl)nc(Cl)n3)C2c2ccccc2)nc(Cl)n1. The van der Waals surface area contributed by atoms with E-state index < -0.39 is 0 Å². The summed E-state index contributed by atoms with van der Waals surface area (Å²) in [6, 6.07) is 24.1. The van der Waals surface area contributed by atoms with Crippen molar-refractivity contribution >= 4 is 46.4 Å². The normalized spacial score (nSPS) is 22.4. The molecule has 1 saturated carbocycles. The van der Waals surface area contributed by atoms with Crippen LogP contribution in [0.4, 0.5) is 0 Å². The largest absolute Gasteiger partial charge is 0.224 e. The van der Waals surface area contributed by atoms with Gasteiger partial charge in [0.25, 0.3) is 0 Å². The van der Waals surface area contributed by atoms with Gasteiger partial charge in [0.15, 0.2) is 0 Å². The molecule has 2 aromatic heterocycles. The predicted octanol–water partition coefficient (Wildman–Crippen LogP) is 7.33. The molecule has 8 heteroatoms. The summed E-state index contributed by atoms with van der Waals surface area (Å²) in [7, 11) is 0. The Hall–Kier alpha value is -2.24. The van der Waals surface area contributed by atoms with Crippen LogP contribution in [0, 0.1) is 0 Å². The van der Waals surface area contributed by atoms with Gasteiger partial charge in [0.05, 0.1) is 11.4 Å². The van der Waals surface area contributed by atoms with Gasteiger partial charge in [0.1, 0.15) is 10.3 Å². The van der Waals surface area contributed by atoms with Gasteiger partial charge in [-0.25, -0.2) is 19.9 Å². The van der Waals surface area contributed by atoms with Crippen LogP contribution in [-0.2, 0) is 0 Å². The lowest BCUT2D eigenvalue weighted by Crippen LogP contribution is -2.41. The summed E-state index contributed by atoms with van der Waals surface area (Å²) in [5.41, 5.74) is 3.90. The molecule has 4 nitrogen and oxygen atoms in total. The van der Waals surface area contributed by atoms with E-state index in [9.17, 15) is 0 Å². The summed E-state index contributed by atoms with van der Waals surface area (Å²) >= 11 is 24.9. The minimum absolute atomic E-state index is 0.00434.